The third-order valence-corrected chi connectivity index (χ3v) is 1.84. The Hall–Kier alpha value is -1.53. The van der Waals surface area contributed by atoms with Gasteiger partial charge >= 0.3 is 6.18 Å². The van der Waals surface area contributed by atoms with Crippen molar-refractivity contribution in [2.45, 2.75) is 19.6 Å². The molecule has 0 bridgehead atoms. The average Bonchev–Trinajstić information content (AvgIpc) is 2.47. The topological polar surface area (TPSA) is 46.9 Å². The predicted octanol–water partition coefficient (Wildman–Crippen LogP) is 0.956. The predicted molar refractivity (Wildman–Crippen MR) is 46.0 cm³/mol. The summed E-state index contributed by atoms with van der Waals surface area (Å²) in [5, 5.41) is 5.61. The number of hydrogen-bond acceptors (Lipinski definition) is 2. The maximum Gasteiger partial charge on any atom is 0.435 e. The van der Waals surface area contributed by atoms with Gasteiger partial charge in [-0.25, -0.2) is 0 Å². The second-order valence-electron chi connectivity index (χ2n) is 3.00. The molecule has 1 aromatic heterocycles. The van der Waals surface area contributed by atoms with Gasteiger partial charge in [0.05, 0.1) is 0 Å². The van der Waals surface area contributed by atoms with Crippen LogP contribution in [0.15, 0.2) is 6.07 Å². The first-order valence-corrected chi connectivity index (χ1v) is 4.17. The minimum atomic E-state index is -4.47. The number of carbonyl (C=O) groups is 1. The van der Waals surface area contributed by atoms with Crippen LogP contribution in [0.25, 0.3) is 0 Å². The number of hydrogen-bond donors (Lipinski definition) is 1. The number of rotatable bonds is 2. The summed E-state index contributed by atoms with van der Waals surface area (Å²) in [5.74, 6) is -0.394. The van der Waals surface area contributed by atoms with E-state index in [0.29, 0.717) is 5.69 Å². The lowest BCUT2D eigenvalue weighted by atomic mass is 10.3. The summed E-state index contributed by atoms with van der Waals surface area (Å²) >= 11 is 0. The molecule has 0 spiro atoms. The highest BCUT2D eigenvalue weighted by molar-refractivity contribution is 5.75. The summed E-state index contributed by atoms with van der Waals surface area (Å²) in [6, 6.07) is 0.906. The molecule has 0 saturated heterocycles. The SMILES string of the molecule is CNC(=O)Cn1nc(C(F)(F)F)cc1C. The maximum absolute atomic E-state index is 12.2. The van der Waals surface area contributed by atoms with E-state index in [2.05, 4.69) is 10.4 Å². The Kier molecular flexibility index (Phi) is 3.01. The van der Waals surface area contributed by atoms with Crippen molar-refractivity contribution in [3.8, 4) is 0 Å². The maximum atomic E-state index is 12.2. The molecule has 0 radical (unpaired) electrons. The highest BCUT2D eigenvalue weighted by Crippen LogP contribution is 2.28. The number of carbonyl (C=O) groups excluding carboxylic acids is 1. The molecule has 0 saturated carbocycles. The summed E-state index contributed by atoms with van der Waals surface area (Å²) in [4.78, 5) is 10.9. The van der Waals surface area contributed by atoms with Crippen LogP contribution in [-0.2, 0) is 17.5 Å². The molecule has 0 unspecified atom stereocenters. The highest BCUT2D eigenvalue weighted by Gasteiger charge is 2.34. The molecule has 0 aliphatic rings. The zero-order chi connectivity index (χ0) is 11.6. The number of alkyl halides is 3. The first kappa shape index (κ1) is 11.5. The third-order valence-electron chi connectivity index (χ3n) is 1.84. The van der Waals surface area contributed by atoms with Crippen LogP contribution in [0, 0.1) is 6.92 Å². The minimum Gasteiger partial charge on any atom is -0.358 e. The fourth-order valence-corrected chi connectivity index (χ4v) is 1.02. The number of nitrogens with one attached hydrogen (secondary N) is 1. The molecular formula is C8H10F3N3O. The summed E-state index contributed by atoms with van der Waals surface area (Å²) in [6.07, 6.45) is -4.47. The molecular weight excluding hydrogens is 211 g/mol. The lowest BCUT2D eigenvalue weighted by Crippen LogP contribution is -2.24. The van der Waals surface area contributed by atoms with E-state index in [1.54, 1.807) is 0 Å². The number of nitrogens with zero attached hydrogens (tertiary/aromatic N) is 2. The summed E-state index contributed by atoms with van der Waals surface area (Å²) in [7, 11) is 1.41. The van der Waals surface area contributed by atoms with E-state index in [4.69, 9.17) is 0 Å². The van der Waals surface area contributed by atoms with E-state index in [1.165, 1.54) is 14.0 Å². The summed E-state index contributed by atoms with van der Waals surface area (Å²) in [6.45, 7) is 1.25. The van der Waals surface area contributed by atoms with E-state index >= 15 is 0 Å². The van der Waals surface area contributed by atoms with E-state index in [0.717, 1.165) is 10.7 Å². The Bertz CT molecular complexity index is 370. The Labute approximate surface area is 84.1 Å². The van der Waals surface area contributed by atoms with E-state index in [9.17, 15) is 18.0 Å². The van der Waals surface area contributed by atoms with Crippen LogP contribution in [0.5, 0.6) is 0 Å². The number of halogens is 3. The van der Waals surface area contributed by atoms with Gasteiger partial charge in [-0.3, -0.25) is 9.48 Å². The smallest absolute Gasteiger partial charge is 0.358 e. The van der Waals surface area contributed by atoms with Crippen LogP contribution in [0.4, 0.5) is 13.2 Å². The molecule has 0 aliphatic carbocycles. The van der Waals surface area contributed by atoms with Crippen molar-refractivity contribution < 1.29 is 18.0 Å². The molecule has 1 rings (SSSR count). The molecule has 0 fully saturated rings. The van der Waals surface area contributed by atoms with Gasteiger partial charge in [-0.1, -0.05) is 0 Å². The molecule has 1 heterocycles. The van der Waals surface area contributed by atoms with Gasteiger partial charge in [-0.15, -0.1) is 0 Å². The molecule has 1 N–H and O–H groups in total. The number of amides is 1. The number of likely N-dealkylation sites (N-methyl/N-ethyl adjacent to an activating group) is 1. The van der Waals surface area contributed by atoms with Crippen molar-refractivity contribution >= 4 is 5.91 Å². The van der Waals surface area contributed by atoms with Crippen LogP contribution in [0.2, 0.25) is 0 Å². The van der Waals surface area contributed by atoms with Crippen molar-refractivity contribution in [3.63, 3.8) is 0 Å². The van der Waals surface area contributed by atoms with E-state index in [-0.39, 0.29) is 6.54 Å². The molecule has 0 atom stereocenters. The summed E-state index contributed by atoms with van der Waals surface area (Å²) in [5.41, 5.74) is -0.685. The Morgan fingerprint density at radius 1 is 1.60 bits per heavy atom. The van der Waals surface area contributed by atoms with Gasteiger partial charge in [0.2, 0.25) is 5.91 Å². The fraction of sp³-hybridized carbons (Fsp3) is 0.500. The molecule has 0 aromatic carbocycles. The van der Waals surface area contributed by atoms with Gasteiger partial charge in [0.15, 0.2) is 5.69 Å². The van der Waals surface area contributed by atoms with Crippen LogP contribution < -0.4 is 5.32 Å². The van der Waals surface area contributed by atoms with Gasteiger partial charge in [0.25, 0.3) is 0 Å². The average molecular weight is 221 g/mol. The normalized spacial score (nSPS) is 11.5. The molecule has 0 aliphatic heterocycles. The monoisotopic (exact) mass is 221 g/mol. The fourth-order valence-electron chi connectivity index (χ4n) is 1.02. The van der Waals surface area contributed by atoms with Crippen molar-refractivity contribution in [1.29, 1.82) is 0 Å². The standard InChI is InChI=1S/C8H10F3N3O/c1-5-3-6(8(9,10)11)13-14(5)4-7(15)12-2/h3H,4H2,1-2H3,(H,12,15). The van der Waals surface area contributed by atoms with Gasteiger partial charge in [-0.2, -0.15) is 18.3 Å². The van der Waals surface area contributed by atoms with Gasteiger partial charge in [-0.05, 0) is 13.0 Å². The zero-order valence-corrected chi connectivity index (χ0v) is 8.22. The molecule has 7 heteroatoms. The molecule has 4 nitrogen and oxygen atoms in total. The van der Waals surface area contributed by atoms with Crippen molar-refractivity contribution in [2.75, 3.05) is 7.05 Å². The lowest BCUT2D eigenvalue weighted by Gasteiger charge is -2.03. The van der Waals surface area contributed by atoms with Crippen molar-refractivity contribution in [2.24, 2.45) is 0 Å². The first-order chi connectivity index (χ1) is 6.84. The van der Waals surface area contributed by atoms with Crippen molar-refractivity contribution in [3.05, 3.63) is 17.5 Å². The Morgan fingerprint density at radius 2 is 2.20 bits per heavy atom. The highest BCUT2D eigenvalue weighted by atomic mass is 19.4. The van der Waals surface area contributed by atoms with E-state index in [1.807, 2.05) is 0 Å². The molecule has 15 heavy (non-hydrogen) atoms. The van der Waals surface area contributed by atoms with Gasteiger partial charge in [0.1, 0.15) is 6.54 Å². The van der Waals surface area contributed by atoms with Crippen LogP contribution in [0.3, 0.4) is 0 Å². The largest absolute Gasteiger partial charge is 0.435 e. The van der Waals surface area contributed by atoms with Crippen LogP contribution in [-0.4, -0.2) is 22.7 Å². The number of aromatic nitrogens is 2. The van der Waals surface area contributed by atoms with Crippen LogP contribution >= 0.6 is 0 Å². The number of aryl methyl sites for hydroxylation is 1. The Morgan fingerprint density at radius 3 is 2.60 bits per heavy atom. The quantitative estimate of drug-likeness (QED) is 0.808. The lowest BCUT2D eigenvalue weighted by molar-refractivity contribution is -0.141. The van der Waals surface area contributed by atoms with Crippen LogP contribution in [0.1, 0.15) is 11.4 Å². The molecule has 1 aromatic rings. The second kappa shape index (κ2) is 3.92. The third kappa shape index (κ3) is 2.71. The van der Waals surface area contributed by atoms with Gasteiger partial charge in [0, 0.05) is 12.7 Å². The molecule has 1 amide bonds. The van der Waals surface area contributed by atoms with Crippen molar-refractivity contribution in [1.82, 2.24) is 15.1 Å². The Balaban J connectivity index is 2.92. The van der Waals surface area contributed by atoms with Gasteiger partial charge < -0.3 is 5.32 Å². The first-order valence-electron chi connectivity index (χ1n) is 4.17. The van der Waals surface area contributed by atoms with E-state index < -0.39 is 17.8 Å². The summed E-state index contributed by atoms with van der Waals surface area (Å²) < 4.78 is 37.7. The molecule has 84 valence electrons. The zero-order valence-electron chi connectivity index (χ0n) is 8.22. The second-order valence-corrected chi connectivity index (χ2v) is 3.00. The minimum absolute atomic E-state index is 0.210.